The maximum absolute atomic E-state index is 12.5. The van der Waals surface area contributed by atoms with Crippen LogP contribution in [0.4, 0.5) is 11.4 Å². The first-order chi connectivity index (χ1) is 14.6. The van der Waals surface area contributed by atoms with Gasteiger partial charge < -0.3 is 15.2 Å². The van der Waals surface area contributed by atoms with Crippen molar-refractivity contribution in [1.29, 1.82) is 0 Å². The van der Waals surface area contributed by atoms with E-state index >= 15 is 0 Å². The van der Waals surface area contributed by atoms with Gasteiger partial charge in [0.1, 0.15) is 0 Å². The van der Waals surface area contributed by atoms with E-state index in [2.05, 4.69) is 46.0 Å². The van der Waals surface area contributed by atoms with Crippen LogP contribution in [0.3, 0.4) is 0 Å². The highest BCUT2D eigenvalue weighted by Gasteiger charge is 2.17. The van der Waals surface area contributed by atoms with Crippen LogP contribution < -0.4 is 16.2 Å². The molecule has 3 heterocycles. The first-order valence-electron chi connectivity index (χ1n) is 10.5. The topological polar surface area (TPSA) is 67.4 Å². The van der Waals surface area contributed by atoms with E-state index < -0.39 is 0 Å². The number of pyridine rings is 2. The zero-order valence-electron chi connectivity index (χ0n) is 17.5. The minimum Gasteiger partial charge on any atom is -0.394 e. The second-order valence-corrected chi connectivity index (χ2v) is 7.94. The van der Waals surface area contributed by atoms with Crippen LogP contribution in [-0.4, -0.2) is 47.2 Å². The standard InChI is InChI=1S/C24H29N5O/c1-19-3-5-22(6-4-19)28-15-13-27(14-16-28)11-2-12-29-18-21(17-23(25)24(29)30)20-7-9-26-10-8-20/h3-10,17-18H,2,11-16,25H2,1H3. The molecule has 6 nitrogen and oxygen atoms in total. The summed E-state index contributed by atoms with van der Waals surface area (Å²) in [6, 6.07) is 14.4. The van der Waals surface area contributed by atoms with Gasteiger partial charge in [-0.25, -0.2) is 0 Å². The van der Waals surface area contributed by atoms with E-state index in [9.17, 15) is 4.79 Å². The third-order valence-corrected chi connectivity index (χ3v) is 5.77. The van der Waals surface area contributed by atoms with Crippen molar-refractivity contribution in [2.24, 2.45) is 0 Å². The van der Waals surface area contributed by atoms with Crippen LogP contribution in [0.25, 0.3) is 11.1 Å². The summed E-state index contributed by atoms with van der Waals surface area (Å²) >= 11 is 0. The molecule has 1 fully saturated rings. The van der Waals surface area contributed by atoms with Gasteiger partial charge in [0.2, 0.25) is 0 Å². The minimum atomic E-state index is -0.114. The van der Waals surface area contributed by atoms with Crippen molar-refractivity contribution in [3.63, 3.8) is 0 Å². The van der Waals surface area contributed by atoms with Gasteiger partial charge in [-0.2, -0.15) is 0 Å². The Hall–Kier alpha value is -3.12. The van der Waals surface area contributed by atoms with Crippen LogP contribution in [0, 0.1) is 6.92 Å². The smallest absolute Gasteiger partial charge is 0.273 e. The van der Waals surface area contributed by atoms with Gasteiger partial charge in [0.05, 0.1) is 5.69 Å². The van der Waals surface area contributed by atoms with Crippen LogP contribution in [0.15, 0.2) is 65.8 Å². The van der Waals surface area contributed by atoms with Crippen molar-refractivity contribution in [3.8, 4) is 11.1 Å². The summed E-state index contributed by atoms with van der Waals surface area (Å²) in [5, 5.41) is 0. The van der Waals surface area contributed by atoms with Gasteiger partial charge in [-0.1, -0.05) is 17.7 Å². The van der Waals surface area contributed by atoms with Crippen molar-refractivity contribution in [2.45, 2.75) is 19.9 Å². The fraction of sp³-hybridized carbons (Fsp3) is 0.333. The molecule has 0 amide bonds. The molecule has 2 aromatic heterocycles. The molecule has 30 heavy (non-hydrogen) atoms. The van der Waals surface area contributed by atoms with E-state index in [1.165, 1.54) is 11.3 Å². The average Bonchev–Trinajstić information content (AvgIpc) is 2.78. The van der Waals surface area contributed by atoms with Crippen molar-refractivity contribution in [3.05, 3.63) is 77.0 Å². The second-order valence-electron chi connectivity index (χ2n) is 7.94. The molecule has 1 aromatic carbocycles. The summed E-state index contributed by atoms with van der Waals surface area (Å²) in [6.45, 7) is 7.92. The number of piperazine rings is 1. The number of rotatable bonds is 6. The molecule has 2 N–H and O–H groups in total. The monoisotopic (exact) mass is 403 g/mol. The molecule has 1 aliphatic heterocycles. The predicted molar refractivity (Wildman–Crippen MR) is 123 cm³/mol. The number of nitrogen functional groups attached to an aromatic ring is 1. The molecular formula is C24H29N5O. The second kappa shape index (κ2) is 9.13. The minimum absolute atomic E-state index is 0.114. The van der Waals surface area contributed by atoms with Crippen LogP contribution in [0.1, 0.15) is 12.0 Å². The Morgan fingerprint density at radius 2 is 1.63 bits per heavy atom. The van der Waals surface area contributed by atoms with Crippen LogP contribution in [0.2, 0.25) is 0 Å². The molecule has 4 rings (SSSR count). The maximum atomic E-state index is 12.5. The Morgan fingerprint density at radius 1 is 0.933 bits per heavy atom. The number of aromatic nitrogens is 2. The molecule has 0 atom stereocenters. The highest BCUT2D eigenvalue weighted by molar-refractivity contribution is 5.65. The van der Waals surface area contributed by atoms with E-state index in [0.29, 0.717) is 6.54 Å². The lowest BCUT2D eigenvalue weighted by molar-refractivity contribution is 0.250. The summed E-state index contributed by atoms with van der Waals surface area (Å²) in [7, 11) is 0. The zero-order chi connectivity index (χ0) is 20.9. The summed E-state index contributed by atoms with van der Waals surface area (Å²) in [4.78, 5) is 21.4. The van der Waals surface area contributed by atoms with Gasteiger partial charge in [-0.15, -0.1) is 0 Å². The lowest BCUT2D eigenvalue weighted by Gasteiger charge is -2.36. The van der Waals surface area contributed by atoms with E-state index in [1.54, 1.807) is 23.0 Å². The molecule has 1 saturated heterocycles. The SMILES string of the molecule is Cc1ccc(N2CCN(CCCn3cc(-c4ccncc4)cc(N)c3=O)CC2)cc1. The Morgan fingerprint density at radius 3 is 2.33 bits per heavy atom. The van der Waals surface area contributed by atoms with E-state index in [-0.39, 0.29) is 11.2 Å². The summed E-state index contributed by atoms with van der Waals surface area (Å²) in [5.41, 5.74) is 10.7. The lowest BCUT2D eigenvalue weighted by Crippen LogP contribution is -2.46. The molecule has 1 aliphatic rings. The Balaban J connectivity index is 1.32. The molecule has 0 radical (unpaired) electrons. The molecule has 0 bridgehead atoms. The number of nitrogens with two attached hydrogens (primary N) is 1. The molecule has 6 heteroatoms. The largest absolute Gasteiger partial charge is 0.394 e. The van der Waals surface area contributed by atoms with Crippen LogP contribution in [0.5, 0.6) is 0 Å². The summed E-state index contributed by atoms with van der Waals surface area (Å²) < 4.78 is 1.74. The highest BCUT2D eigenvalue weighted by Crippen LogP contribution is 2.19. The molecule has 156 valence electrons. The number of hydrogen-bond donors (Lipinski definition) is 1. The first-order valence-corrected chi connectivity index (χ1v) is 10.5. The van der Waals surface area contributed by atoms with E-state index in [0.717, 1.165) is 50.3 Å². The van der Waals surface area contributed by atoms with Crippen molar-refractivity contribution < 1.29 is 0 Å². The number of anilines is 2. The zero-order valence-corrected chi connectivity index (χ0v) is 17.5. The average molecular weight is 404 g/mol. The number of hydrogen-bond acceptors (Lipinski definition) is 5. The highest BCUT2D eigenvalue weighted by atomic mass is 16.1. The number of nitrogens with zero attached hydrogens (tertiary/aromatic N) is 4. The van der Waals surface area contributed by atoms with E-state index in [1.807, 2.05) is 18.3 Å². The van der Waals surface area contributed by atoms with Gasteiger partial charge in [-0.3, -0.25) is 14.7 Å². The number of aryl methyl sites for hydroxylation is 2. The summed E-state index contributed by atoms with van der Waals surface area (Å²) in [6.07, 6.45) is 6.32. The van der Waals surface area contributed by atoms with Gasteiger partial charge in [0.15, 0.2) is 0 Å². The van der Waals surface area contributed by atoms with Crippen molar-refractivity contribution in [2.75, 3.05) is 43.4 Å². The fourth-order valence-corrected chi connectivity index (χ4v) is 3.98. The van der Waals surface area contributed by atoms with Crippen molar-refractivity contribution >= 4 is 11.4 Å². The normalized spacial score (nSPS) is 14.8. The van der Waals surface area contributed by atoms with Crippen LogP contribution >= 0.6 is 0 Å². The molecular weight excluding hydrogens is 374 g/mol. The quantitative estimate of drug-likeness (QED) is 0.685. The molecule has 0 aliphatic carbocycles. The predicted octanol–water partition coefficient (Wildman–Crippen LogP) is 3.01. The Kier molecular flexibility index (Phi) is 6.14. The van der Waals surface area contributed by atoms with Crippen LogP contribution in [-0.2, 0) is 6.54 Å². The fourth-order valence-electron chi connectivity index (χ4n) is 3.98. The van der Waals surface area contributed by atoms with E-state index in [4.69, 9.17) is 5.73 Å². The molecule has 3 aromatic rings. The molecule has 0 saturated carbocycles. The van der Waals surface area contributed by atoms with Gasteiger partial charge in [0.25, 0.3) is 5.56 Å². The third-order valence-electron chi connectivity index (χ3n) is 5.77. The Bertz CT molecular complexity index is 1020. The van der Waals surface area contributed by atoms with Gasteiger partial charge in [0, 0.05) is 62.6 Å². The lowest BCUT2D eigenvalue weighted by atomic mass is 10.1. The third kappa shape index (κ3) is 4.71. The molecule has 0 unspecified atom stereocenters. The maximum Gasteiger partial charge on any atom is 0.273 e. The Labute approximate surface area is 177 Å². The molecule has 0 spiro atoms. The van der Waals surface area contributed by atoms with Crippen molar-refractivity contribution in [1.82, 2.24) is 14.5 Å². The van der Waals surface area contributed by atoms with Gasteiger partial charge in [-0.05, 0) is 55.8 Å². The van der Waals surface area contributed by atoms with Gasteiger partial charge >= 0.3 is 0 Å². The number of benzene rings is 1. The first kappa shape index (κ1) is 20.2. The summed E-state index contributed by atoms with van der Waals surface area (Å²) in [5.74, 6) is 0.